The summed E-state index contributed by atoms with van der Waals surface area (Å²) < 4.78 is 5.58. The SMILES string of the molecule is CCOc1ccc(N2CCC(CN3CCN(c4ccc5c(c4)CN(C4CCC(=O)NC4=O)C5=O)CC3)CC2)cc1. The Balaban J connectivity index is 0.979. The fourth-order valence-electron chi connectivity index (χ4n) is 6.60. The van der Waals surface area contributed by atoms with Gasteiger partial charge in [-0.05, 0) is 80.1 Å². The molecule has 212 valence electrons. The maximum absolute atomic E-state index is 13.0. The minimum Gasteiger partial charge on any atom is -0.494 e. The highest BCUT2D eigenvalue weighted by atomic mass is 16.5. The van der Waals surface area contributed by atoms with Crippen molar-refractivity contribution in [3.8, 4) is 5.75 Å². The van der Waals surface area contributed by atoms with Crippen molar-refractivity contribution in [3.63, 3.8) is 0 Å². The predicted molar refractivity (Wildman–Crippen MR) is 154 cm³/mol. The van der Waals surface area contributed by atoms with Gasteiger partial charge in [0.2, 0.25) is 11.8 Å². The standard InChI is InChI=1S/C31H39N5O4/c1-2-40-26-6-3-24(4-7-26)34-13-11-22(12-14-34)20-33-15-17-35(18-16-33)25-5-8-27-23(19-25)21-36(31(27)39)28-9-10-29(37)32-30(28)38/h3-8,19,22,28H,2,9-18,20-21H2,1H3,(H,32,37,38). The third-order valence-corrected chi connectivity index (χ3v) is 8.89. The number of hydrogen-bond donors (Lipinski definition) is 1. The Morgan fingerprint density at radius 2 is 1.55 bits per heavy atom. The molecule has 1 atom stereocenters. The van der Waals surface area contributed by atoms with Gasteiger partial charge in [0, 0.05) is 75.7 Å². The highest BCUT2D eigenvalue weighted by Gasteiger charge is 2.39. The summed E-state index contributed by atoms with van der Waals surface area (Å²) in [4.78, 5) is 46.0. The van der Waals surface area contributed by atoms with E-state index in [0.29, 0.717) is 25.1 Å². The topological polar surface area (TPSA) is 85.4 Å². The number of nitrogens with one attached hydrogen (secondary N) is 1. The second-order valence-electron chi connectivity index (χ2n) is 11.4. The Morgan fingerprint density at radius 1 is 0.850 bits per heavy atom. The lowest BCUT2D eigenvalue weighted by atomic mass is 9.95. The summed E-state index contributed by atoms with van der Waals surface area (Å²) in [6.45, 7) is 10.5. The number of piperidine rings is 2. The maximum Gasteiger partial charge on any atom is 0.255 e. The molecule has 2 aromatic carbocycles. The lowest BCUT2D eigenvalue weighted by molar-refractivity contribution is -0.136. The van der Waals surface area contributed by atoms with E-state index in [1.807, 2.05) is 19.1 Å². The van der Waals surface area contributed by atoms with E-state index in [9.17, 15) is 14.4 Å². The van der Waals surface area contributed by atoms with Gasteiger partial charge < -0.3 is 19.4 Å². The Morgan fingerprint density at radius 3 is 2.25 bits per heavy atom. The van der Waals surface area contributed by atoms with Gasteiger partial charge in [-0.2, -0.15) is 0 Å². The van der Waals surface area contributed by atoms with Gasteiger partial charge in [0.25, 0.3) is 5.91 Å². The van der Waals surface area contributed by atoms with Crippen LogP contribution >= 0.6 is 0 Å². The molecular formula is C31H39N5O4. The molecule has 2 aromatic rings. The number of carbonyl (C=O) groups is 3. The van der Waals surface area contributed by atoms with E-state index in [1.54, 1.807) is 4.90 Å². The quantitative estimate of drug-likeness (QED) is 0.536. The minimum absolute atomic E-state index is 0.116. The van der Waals surface area contributed by atoms with Crippen LogP contribution in [0.4, 0.5) is 11.4 Å². The largest absolute Gasteiger partial charge is 0.494 e. The van der Waals surface area contributed by atoms with Gasteiger partial charge in [-0.3, -0.25) is 24.6 Å². The molecule has 0 bridgehead atoms. The number of nitrogens with zero attached hydrogens (tertiary/aromatic N) is 4. The number of hydrogen-bond acceptors (Lipinski definition) is 7. The molecule has 40 heavy (non-hydrogen) atoms. The van der Waals surface area contributed by atoms with Crippen LogP contribution in [0, 0.1) is 5.92 Å². The van der Waals surface area contributed by atoms with E-state index >= 15 is 0 Å². The number of fused-ring (bicyclic) bond motifs is 1. The van der Waals surface area contributed by atoms with Crippen LogP contribution in [-0.2, 0) is 16.1 Å². The fourth-order valence-corrected chi connectivity index (χ4v) is 6.60. The highest BCUT2D eigenvalue weighted by molar-refractivity contribution is 6.05. The van der Waals surface area contributed by atoms with E-state index < -0.39 is 6.04 Å². The fraction of sp³-hybridized carbons (Fsp3) is 0.516. The van der Waals surface area contributed by atoms with Crippen LogP contribution in [0.1, 0.15) is 48.5 Å². The monoisotopic (exact) mass is 545 g/mol. The average molecular weight is 546 g/mol. The summed E-state index contributed by atoms with van der Waals surface area (Å²) in [5, 5.41) is 2.37. The zero-order valence-electron chi connectivity index (χ0n) is 23.3. The smallest absolute Gasteiger partial charge is 0.255 e. The van der Waals surface area contributed by atoms with E-state index in [2.05, 4.69) is 50.3 Å². The van der Waals surface area contributed by atoms with Crippen LogP contribution in [0.15, 0.2) is 42.5 Å². The molecule has 1 N–H and O–H groups in total. The summed E-state index contributed by atoms with van der Waals surface area (Å²) in [6.07, 6.45) is 3.10. The van der Waals surface area contributed by atoms with Crippen molar-refractivity contribution in [2.75, 3.05) is 62.2 Å². The highest BCUT2D eigenvalue weighted by Crippen LogP contribution is 2.31. The number of amides is 3. The van der Waals surface area contributed by atoms with Gasteiger partial charge in [0.15, 0.2) is 0 Å². The van der Waals surface area contributed by atoms with Gasteiger partial charge in [0.1, 0.15) is 11.8 Å². The molecule has 3 fully saturated rings. The molecule has 6 rings (SSSR count). The third kappa shape index (κ3) is 5.52. The molecule has 0 saturated carbocycles. The normalized spacial score (nSPS) is 22.5. The van der Waals surface area contributed by atoms with Gasteiger partial charge in [-0.15, -0.1) is 0 Å². The molecule has 9 nitrogen and oxygen atoms in total. The van der Waals surface area contributed by atoms with E-state index in [1.165, 1.54) is 18.5 Å². The molecule has 0 radical (unpaired) electrons. The number of imide groups is 1. The molecular weight excluding hydrogens is 506 g/mol. The van der Waals surface area contributed by atoms with Crippen molar-refractivity contribution < 1.29 is 19.1 Å². The Hall–Kier alpha value is -3.59. The van der Waals surface area contributed by atoms with Gasteiger partial charge >= 0.3 is 0 Å². The third-order valence-electron chi connectivity index (χ3n) is 8.89. The first-order valence-electron chi connectivity index (χ1n) is 14.7. The van der Waals surface area contributed by atoms with E-state index in [4.69, 9.17) is 4.74 Å². The van der Waals surface area contributed by atoms with E-state index in [0.717, 1.165) is 68.7 Å². The number of benzene rings is 2. The van der Waals surface area contributed by atoms with Crippen LogP contribution in [0.25, 0.3) is 0 Å². The van der Waals surface area contributed by atoms with Crippen LogP contribution in [0.3, 0.4) is 0 Å². The lowest BCUT2D eigenvalue weighted by Crippen LogP contribution is -2.52. The van der Waals surface area contributed by atoms with E-state index in [-0.39, 0.29) is 24.1 Å². The van der Waals surface area contributed by atoms with Gasteiger partial charge in [-0.1, -0.05) is 0 Å². The number of rotatable bonds is 7. The Bertz CT molecular complexity index is 1250. The summed E-state index contributed by atoms with van der Waals surface area (Å²) in [5.41, 5.74) is 4.06. The molecule has 0 aromatic heterocycles. The summed E-state index contributed by atoms with van der Waals surface area (Å²) in [7, 11) is 0. The molecule has 0 aliphatic carbocycles. The maximum atomic E-state index is 13.0. The van der Waals surface area contributed by atoms with Crippen molar-refractivity contribution in [1.29, 1.82) is 0 Å². The first-order valence-corrected chi connectivity index (χ1v) is 14.7. The lowest BCUT2D eigenvalue weighted by Gasteiger charge is -2.40. The van der Waals surface area contributed by atoms with Crippen molar-refractivity contribution in [3.05, 3.63) is 53.6 Å². The molecule has 0 spiro atoms. The second-order valence-corrected chi connectivity index (χ2v) is 11.4. The van der Waals surface area contributed by atoms with Crippen molar-refractivity contribution in [2.24, 2.45) is 5.92 Å². The van der Waals surface area contributed by atoms with Crippen LogP contribution in [0.5, 0.6) is 5.75 Å². The Labute approximate surface area is 236 Å². The van der Waals surface area contributed by atoms with Crippen LogP contribution in [-0.4, -0.2) is 86.0 Å². The summed E-state index contributed by atoms with van der Waals surface area (Å²) in [6, 6.07) is 14.0. The predicted octanol–water partition coefficient (Wildman–Crippen LogP) is 2.88. The van der Waals surface area contributed by atoms with Crippen LogP contribution in [0.2, 0.25) is 0 Å². The van der Waals surface area contributed by atoms with Gasteiger partial charge in [-0.25, -0.2) is 0 Å². The molecule has 4 aliphatic heterocycles. The molecule has 4 aliphatic rings. The molecule has 1 unspecified atom stereocenters. The van der Waals surface area contributed by atoms with Gasteiger partial charge in [0.05, 0.1) is 6.61 Å². The average Bonchev–Trinajstić information content (AvgIpc) is 3.30. The first kappa shape index (κ1) is 26.6. The number of ether oxygens (including phenoxy) is 1. The summed E-state index contributed by atoms with van der Waals surface area (Å²) >= 11 is 0. The second kappa shape index (κ2) is 11.5. The molecule has 4 heterocycles. The molecule has 3 saturated heterocycles. The molecule has 3 amide bonds. The zero-order valence-corrected chi connectivity index (χ0v) is 23.3. The Kier molecular flexibility index (Phi) is 7.65. The molecule has 9 heteroatoms. The van der Waals surface area contributed by atoms with Crippen molar-refractivity contribution >= 4 is 29.1 Å². The van der Waals surface area contributed by atoms with Crippen molar-refractivity contribution in [1.82, 2.24) is 15.1 Å². The summed E-state index contributed by atoms with van der Waals surface area (Å²) in [5.74, 6) is 0.920. The number of anilines is 2. The number of piperazine rings is 1. The van der Waals surface area contributed by atoms with Crippen molar-refractivity contribution in [2.45, 2.75) is 45.2 Å². The zero-order chi connectivity index (χ0) is 27.6. The number of carbonyl (C=O) groups excluding carboxylic acids is 3. The van der Waals surface area contributed by atoms with Crippen LogP contribution < -0.4 is 19.9 Å². The first-order chi connectivity index (χ1) is 19.5. The minimum atomic E-state index is -0.572.